The highest BCUT2D eigenvalue weighted by Gasteiger charge is 2.24. The molecule has 0 aromatic carbocycles. The maximum atomic E-state index is 11.9. The van der Waals surface area contributed by atoms with Gasteiger partial charge >= 0.3 is 0 Å². The van der Waals surface area contributed by atoms with E-state index in [1.54, 1.807) is 6.92 Å². The van der Waals surface area contributed by atoms with Crippen molar-refractivity contribution >= 4 is 5.91 Å². The highest BCUT2D eigenvalue weighted by Crippen LogP contribution is 2.05. The van der Waals surface area contributed by atoms with Crippen LogP contribution in [0.1, 0.15) is 13.8 Å². The minimum atomic E-state index is -0.339. The molecule has 0 bridgehead atoms. The second-order valence-corrected chi connectivity index (χ2v) is 3.99. The molecule has 1 N–H and O–H groups in total. The first-order chi connectivity index (χ1) is 7.69. The minimum absolute atomic E-state index is 0.0745. The fraction of sp³-hybridized carbons (Fsp3) is 0.909. The Morgan fingerprint density at radius 3 is 2.50 bits per heavy atom. The van der Waals surface area contributed by atoms with E-state index in [9.17, 15) is 4.79 Å². The van der Waals surface area contributed by atoms with E-state index < -0.39 is 0 Å². The molecule has 5 nitrogen and oxygen atoms in total. The van der Waals surface area contributed by atoms with Gasteiger partial charge in [-0.05, 0) is 13.8 Å². The zero-order valence-electron chi connectivity index (χ0n) is 10.2. The number of β-amino-alcohol motifs (C(OH)–C–C–N with tert-alkyl or cyclic N) is 1. The lowest BCUT2D eigenvalue weighted by atomic mass is 10.2. The monoisotopic (exact) mass is 230 g/mol. The van der Waals surface area contributed by atoms with E-state index in [4.69, 9.17) is 9.84 Å². The van der Waals surface area contributed by atoms with Gasteiger partial charge in [0.05, 0.1) is 6.61 Å². The van der Waals surface area contributed by atoms with Gasteiger partial charge < -0.3 is 14.7 Å². The summed E-state index contributed by atoms with van der Waals surface area (Å²) < 4.78 is 5.29. The summed E-state index contributed by atoms with van der Waals surface area (Å²) in [6.07, 6.45) is -0.339. The van der Waals surface area contributed by atoms with Crippen LogP contribution >= 0.6 is 0 Å². The van der Waals surface area contributed by atoms with Gasteiger partial charge in [0, 0.05) is 39.3 Å². The third kappa shape index (κ3) is 3.73. The number of aliphatic hydroxyl groups excluding tert-OH is 1. The zero-order chi connectivity index (χ0) is 12.0. The van der Waals surface area contributed by atoms with Crippen molar-refractivity contribution in [3.05, 3.63) is 0 Å². The SMILES string of the molecule is CCOC(C)C(=O)N1CCN(CCO)CC1. The molecule has 1 aliphatic rings. The third-order valence-corrected chi connectivity index (χ3v) is 2.86. The van der Waals surface area contributed by atoms with E-state index in [0.717, 1.165) is 26.2 Å². The molecule has 0 aliphatic carbocycles. The second-order valence-electron chi connectivity index (χ2n) is 3.99. The van der Waals surface area contributed by atoms with E-state index in [2.05, 4.69) is 4.90 Å². The first kappa shape index (κ1) is 13.4. The maximum Gasteiger partial charge on any atom is 0.251 e. The fourth-order valence-corrected chi connectivity index (χ4v) is 1.91. The Morgan fingerprint density at radius 1 is 1.38 bits per heavy atom. The Balaban J connectivity index is 2.32. The molecular weight excluding hydrogens is 208 g/mol. The maximum absolute atomic E-state index is 11.9. The smallest absolute Gasteiger partial charge is 0.251 e. The molecule has 1 heterocycles. The summed E-state index contributed by atoms with van der Waals surface area (Å²) in [5.41, 5.74) is 0. The summed E-state index contributed by atoms with van der Waals surface area (Å²) in [6.45, 7) is 8.28. The fourth-order valence-electron chi connectivity index (χ4n) is 1.91. The quantitative estimate of drug-likeness (QED) is 0.695. The number of ether oxygens (including phenoxy) is 1. The van der Waals surface area contributed by atoms with Crippen LogP contribution in [0.5, 0.6) is 0 Å². The van der Waals surface area contributed by atoms with Crippen molar-refractivity contribution in [2.75, 3.05) is 45.9 Å². The molecule has 1 aliphatic heterocycles. The first-order valence-corrected chi connectivity index (χ1v) is 5.92. The minimum Gasteiger partial charge on any atom is -0.395 e. The molecule has 5 heteroatoms. The van der Waals surface area contributed by atoms with Crippen molar-refractivity contribution in [1.82, 2.24) is 9.80 Å². The molecule has 0 aromatic rings. The van der Waals surface area contributed by atoms with Crippen LogP contribution in [-0.2, 0) is 9.53 Å². The van der Waals surface area contributed by atoms with Crippen LogP contribution in [-0.4, -0.2) is 72.9 Å². The van der Waals surface area contributed by atoms with Crippen molar-refractivity contribution in [1.29, 1.82) is 0 Å². The van der Waals surface area contributed by atoms with Gasteiger partial charge in [-0.2, -0.15) is 0 Å². The number of aliphatic hydroxyl groups is 1. The van der Waals surface area contributed by atoms with Gasteiger partial charge in [0.15, 0.2) is 0 Å². The van der Waals surface area contributed by atoms with Gasteiger partial charge in [0.25, 0.3) is 5.91 Å². The third-order valence-electron chi connectivity index (χ3n) is 2.86. The Labute approximate surface area is 97.0 Å². The summed E-state index contributed by atoms with van der Waals surface area (Å²) >= 11 is 0. The molecule has 1 amide bonds. The van der Waals surface area contributed by atoms with Gasteiger partial charge in [-0.3, -0.25) is 9.69 Å². The van der Waals surface area contributed by atoms with Crippen LogP contribution in [0.15, 0.2) is 0 Å². The Morgan fingerprint density at radius 2 is 2.00 bits per heavy atom. The highest BCUT2D eigenvalue weighted by atomic mass is 16.5. The average Bonchev–Trinajstić information content (AvgIpc) is 2.30. The lowest BCUT2D eigenvalue weighted by molar-refractivity contribution is -0.144. The van der Waals surface area contributed by atoms with Crippen molar-refractivity contribution < 1.29 is 14.6 Å². The van der Waals surface area contributed by atoms with Gasteiger partial charge in [-0.15, -0.1) is 0 Å². The van der Waals surface area contributed by atoms with E-state index >= 15 is 0 Å². The normalized spacial score (nSPS) is 19.8. The summed E-state index contributed by atoms with van der Waals surface area (Å²) in [5.74, 6) is 0.0745. The standard InChI is InChI=1S/C11H22N2O3/c1-3-16-10(2)11(15)13-6-4-12(5-7-13)8-9-14/h10,14H,3-9H2,1-2H3. The largest absolute Gasteiger partial charge is 0.395 e. The average molecular weight is 230 g/mol. The lowest BCUT2D eigenvalue weighted by Crippen LogP contribution is -2.51. The Hall–Kier alpha value is -0.650. The molecule has 94 valence electrons. The summed E-state index contributed by atoms with van der Waals surface area (Å²) in [4.78, 5) is 15.9. The van der Waals surface area contributed by atoms with E-state index in [1.165, 1.54) is 0 Å². The molecular formula is C11H22N2O3. The second kappa shape index (κ2) is 6.83. The molecule has 0 saturated carbocycles. The molecule has 1 saturated heterocycles. The Kier molecular flexibility index (Phi) is 5.73. The predicted octanol–water partition coefficient (Wildman–Crippen LogP) is -0.452. The number of carbonyl (C=O) groups is 1. The molecule has 1 atom stereocenters. The number of rotatable bonds is 5. The van der Waals surface area contributed by atoms with Gasteiger partial charge in [-0.1, -0.05) is 0 Å². The van der Waals surface area contributed by atoms with Crippen LogP contribution in [0.2, 0.25) is 0 Å². The summed E-state index contributed by atoms with van der Waals surface area (Å²) in [6, 6.07) is 0. The van der Waals surface area contributed by atoms with Crippen molar-refractivity contribution in [3.8, 4) is 0 Å². The number of piperazine rings is 1. The van der Waals surface area contributed by atoms with Crippen LogP contribution in [0.4, 0.5) is 0 Å². The molecule has 0 spiro atoms. The number of hydrogen-bond donors (Lipinski definition) is 1. The van der Waals surface area contributed by atoms with E-state index in [1.807, 2.05) is 11.8 Å². The zero-order valence-corrected chi connectivity index (χ0v) is 10.2. The van der Waals surface area contributed by atoms with Crippen LogP contribution in [0.3, 0.4) is 0 Å². The van der Waals surface area contributed by atoms with Crippen LogP contribution in [0.25, 0.3) is 0 Å². The van der Waals surface area contributed by atoms with Crippen LogP contribution < -0.4 is 0 Å². The van der Waals surface area contributed by atoms with Crippen molar-refractivity contribution in [3.63, 3.8) is 0 Å². The van der Waals surface area contributed by atoms with E-state index in [0.29, 0.717) is 13.2 Å². The molecule has 1 rings (SSSR count). The topological polar surface area (TPSA) is 53.0 Å². The Bertz CT molecular complexity index is 215. The summed E-state index contributed by atoms with van der Waals surface area (Å²) in [5, 5.41) is 8.81. The summed E-state index contributed by atoms with van der Waals surface area (Å²) in [7, 11) is 0. The predicted molar refractivity (Wildman–Crippen MR) is 61.2 cm³/mol. The van der Waals surface area contributed by atoms with Crippen LogP contribution in [0, 0.1) is 0 Å². The number of amides is 1. The van der Waals surface area contributed by atoms with Gasteiger partial charge in [-0.25, -0.2) is 0 Å². The van der Waals surface area contributed by atoms with Gasteiger partial charge in [0.2, 0.25) is 0 Å². The number of nitrogens with zero attached hydrogens (tertiary/aromatic N) is 2. The molecule has 16 heavy (non-hydrogen) atoms. The van der Waals surface area contributed by atoms with Crippen molar-refractivity contribution in [2.45, 2.75) is 20.0 Å². The first-order valence-electron chi connectivity index (χ1n) is 5.92. The molecule has 1 unspecified atom stereocenters. The number of carbonyl (C=O) groups excluding carboxylic acids is 1. The molecule has 1 fully saturated rings. The molecule has 0 radical (unpaired) electrons. The number of hydrogen-bond acceptors (Lipinski definition) is 4. The van der Waals surface area contributed by atoms with Gasteiger partial charge in [0.1, 0.15) is 6.10 Å². The van der Waals surface area contributed by atoms with Crippen molar-refractivity contribution in [2.24, 2.45) is 0 Å². The highest BCUT2D eigenvalue weighted by molar-refractivity contribution is 5.80. The lowest BCUT2D eigenvalue weighted by Gasteiger charge is -2.35. The molecule has 0 aromatic heterocycles. The van der Waals surface area contributed by atoms with E-state index in [-0.39, 0.29) is 18.6 Å².